The quantitative estimate of drug-likeness (QED) is 0.767. The van der Waals surface area contributed by atoms with Gasteiger partial charge in [0.25, 0.3) is 0 Å². The number of halogens is 2. The normalized spacial score (nSPS) is 16.9. The van der Waals surface area contributed by atoms with Crippen molar-refractivity contribution >= 4 is 24.8 Å². The van der Waals surface area contributed by atoms with E-state index in [0.29, 0.717) is 6.04 Å². The van der Waals surface area contributed by atoms with Crippen LogP contribution in [0.25, 0.3) is 0 Å². The van der Waals surface area contributed by atoms with Crippen molar-refractivity contribution in [3.63, 3.8) is 0 Å². The third-order valence-corrected chi connectivity index (χ3v) is 2.38. The van der Waals surface area contributed by atoms with E-state index in [2.05, 4.69) is 10.3 Å². The maximum Gasteiger partial charge on any atom is 0.325 e. The highest BCUT2D eigenvalue weighted by Gasteiger charge is 2.15. The van der Waals surface area contributed by atoms with Crippen LogP contribution in [0.3, 0.4) is 0 Å². The van der Waals surface area contributed by atoms with E-state index < -0.39 is 0 Å². The van der Waals surface area contributed by atoms with Crippen molar-refractivity contribution in [3.05, 3.63) is 22.9 Å². The summed E-state index contributed by atoms with van der Waals surface area (Å²) in [6, 6.07) is 0.394. The Morgan fingerprint density at radius 3 is 2.43 bits per heavy atom. The molecule has 2 rings (SSSR count). The van der Waals surface area contributed by atoms with Gasteiger partial charge in [-0.3, -0.25) is 4.57 Å². The van der Waals surface area contributed by atoms with Crippen molar-refractivity contribution in [1.82, 2.24) is 14.9 Å². The summed E-state index contributed by atoms with van der Waals surface area (Å²) in [5, 5.41) is 3.27. The van der Waals surface area contributed by atoms with Gasteiger partial charge in [0.15, 0.2) is 0 Å². The summed E-state index contributed by atoms with van der Waals surface area (Å²) < 4.78 is 1.79. The Kier molecular flexibility index (Phi) is 5.92. The smallest absolute Gasteiger partial charge is 0.317 e. The molecule has 6 heteroatoms. The Bertz CT molecular complexity index is 304. The van der Waals surface area contributed by atoms with Gasteiger partial charge in [0, 0.05) is 18.4 Å². The number of nitrogens with zero attached hydrogens (tertiary/aromatic N) is 1. The summed E-state index contributed by atoms with van der Waals surface area (Å²) in [4.78, 5) is 13.9. The zero-order valence-corrected chi connectivity index (χ0v) is 9.37. The molecule has 0 aromatic carbocycles. The molecule has 0 bridgehead atoms. The predicted octanol–water partition coefficient (Wildman–Crippen LogP) is 0.944. The minimum atomic E-state index is 0. The first-order valence-corrected chi connectivity index (χ1v) is 4.34. The molecule has 1 saturated heterocycles. The Morgan fingerprint density at radius 2 is 1.93 bits per heavy atom. The number of hydrogen-bond acceptors (Lipinski definition) is 2. The number of rotatable bonds is 1. The van der Waals surface area contributed by atoms with E-state index in [1.54, 1.807) is 10.8 Å². The summed E-state index contributed by atoms with van der Waals surface area (Å²) in [6.45, 7) is 2.03. The van der Waals surface area contributed by atoms with Crippen molar-refractivity contribution in [3.8, 4) is 0 Å². The molecule has 1 aromatic rings. The largest absolute Gasteiger partial charge is 0.325 e. The lowest BCUT2D eigenvalue weighted by Crippen LogP contribution is -2.32. The third kappa shape index (κ3) is 2.77. The molecular weight excluding hydrogens is 225 g/mol. The molecule has 1 fully saturated rings. The highest BCUT2D eigenvalue weighted by molar-refractivity contribution is 5.85. The number of imidazole rings is 1. The van der Waals surface area contributed by atoms with Crippen LogP contribution in [0.5, 0.6) is 0 Å². The zero-order chi connectivity index (χ0) is 8.39. The molecule has 0 saturated carbocycles. The molecule has 82 valence electrons. The topological polar surface area (TPSA) is 49.8 Å². The van der Waals surface area contributed by atoms with Gasteiger partial charge in [-0.15, -0.1) is 24.8 Å². The van der Waals surface area contributed by atoms with Gasteiger partial charge >= 0.3 is 5.69 Å². The van der Waals surface area contributed by atoms with Crippen LogP contribution in [0.1, 0.15) is 18.9 Å². The molecule has 4 nitrogen and oxygen atoms in total. The van der Waals surface area contributed by atoms with E-state index in [9.17, 15) is 4.79 Å². The number of nitrogens with one attached hydrogen (secondary N) is 2. The maximum absolute atomic E-state index is 11.2. The second-order valence-corrected chi connectivity index (χ2v) is 3.15. The van der Waals surface area contributed by atoms with Gasteiger partial charge in [-0.2, -0.15) is 0 Å². The molecule has 1 aliphatic heterocycles. The van der Waals surface area contributed by atoms with E-state index in [1.165, 1.54) is 0 Å². The fraction of sp³-hybridized carbons (Fsp3) is 0.625. The van der Waals surface area contributed by atoms with Gasteiger partial charge in [-0.1, -0.05) is 0 Å². The summed E-state index contributed by atoms with van der Waals surface area (Å²) in [6.07, 6.45) is 5.64. The van der Waals surface area contributed by atoms with Crippen LogP contribution in [0.2, 0.25) is 0 Å². The summed E-state index contributed by atoms with van der Waals surface area (Å²) in [5.41, 5.74) is 0.0156. The molecule has 0 radical (unpaired) electrons. The van der Waals surface area contributed by atoms with Crippen LogP contribution in [-0.4, -0.2) is 22.6 Å². The van der Waals surface area contributed by atoms with Crippen LogP contribution < -0.4 is 11.0 Å². The van der Waals surface area contributed by atoms with Gasteiger partial charge in [0.05, 0.1) is 0 Å². The van der Waals surface area contributed by atoms with Gasteiger partial charge < -0.3 is 10.3 Å². The summed E-state index contributed by atoms with van der Waals surface area (Å²) in [7, 11) is 0. The molecule has 1 aromatic heterocycles. The fourth-order valence-corrected chi connectivity index (χ4v) is 1.70. The molecule has 1 aliphatic rings. The van der Waals surface area contributed by atoms with Gasteiger partial charge in [0.1, 0.15) is 0 Å². The number of H-pyrrole nitrogens is 1. The average molecular weight is 240 g/mol. The first kappa shape index (κ1) is 13.5. The summed E-state index contributed by atoms with van der Waals surface area (Å²) >= 11 is 0. The second kappa shape index (κ2) is 6.11. The second-order valence-electron chi connectivity index (χ2n) is 3.15. The molecule has 2 N–H and O–H groups in total. The minimum Gasteiger partial charge on any atom is -0.317 e. The van der Waals surface area contributed by atoms with E-state index in [-0.39, 0.29) is 30.5 Å². The SMILES string of the molecule is Cl.Cl.O=c1[nH]ccn1C1CCNCC1. The van der Waals surface area contributed by atoms with Crippen molar-refractivity contribution in [2.45, 2.75) is 18.9 Å². The molecular formula is C8H15Cl2N3O. The van der Waals surface area contributed by atoms with Crippen molar-refractivity contribution < 1.29 is 0 Å². The lowest BCUT2D eigenvalue weighted by atomic mass is 10.1. The van der Waals surface area contributed by atoms with Gasteiger partial charge in [-0.05, 0) is 25.9 Å². The zero-order valence-electron chi connectivity index (χ0n) is 7.73. The minimum absolute atomic E-state index is 0. The fourth-order valence-electron chi connectivity index (χ4n) is 1.70. The molecule has 2 heterocycles. The maximum atomic E-state index is 11.2. The molecule has 0 aliphatic carbocycles. The average Bonchev–Trinajstić information content (AvgIpc) is 2.53. The van der Waals surface area contributed by atoms with E-state index in [4.69, 9.17) is 0 Å². The van der Waals surface area contributed by atoms with Crippen molar-refractivity contribution in [2.75, 3.05) is 13.1 Å². The highest BCUT2D eigenvalue weighted by Crippen LogP contribution is 2.15. The number of aromatic nitrogens is 2. The lowest BCUT2D eigenvalue weighted by molar-refractivity contribution is 0.361. The Hall–Kier alpha value is -0.450. The Labute approximate surface area is 94.9 Å². The first-order chi connectivity index (χ1) is 5.88. The van der Waals surface area contributed by atoms with Crippen LogP contribution in [0.4, 0.5) is 0 Å². The number of hydrogen-bond donors (Lipinski definition) is 2. The van der Waals surface area contributed by atoms with Gasteiger partial charge in [-0.25, -0.2) is 4.79 Å². The van der Waals surface area contributed by atoms with Crippen LogP contribution in [-0.2, 0) is 0 Å². The summed E-state index contributed by atoms with van der Waals surface area (Å²) in [5.74, 6) is 0. The molecule has 0 unspecified atom stereocenters. The van der Waals surface area contributed by atoms with Crippen LogP contribution in [0, 0.1) is 0 Å². The first-order valence-electron chi connectivity index (χ1n) is 4.34. The monoisotopic (exact) mass is 239 g/mol. The predicted molar refractivity (Wildman–Crippen MR) is 60.7 cm³/mol. The van der Waals surface area contributed by atoms with Crippen molar-refractivity contribution in [1.29, 1.82) is 0 Å². The number of aromatic amines is 1. The standard InChI is InChI=1S/C8H13N3O.2ClH/c12-8-10-5-6-11(8)7-1-3-9-4-2-7;;/h5-7,9H,1-4H2,(H,10,12);2*1H. The third-order valence-electron chi connectivity index (χ3n) is 2.38. The van der Waals surface area contributed by atoms with E-state index in [0.717, 1.165) is 25.9 Å². The van der Waals surface area contributed by atoms with Crippen LogP contribution in [0.15, 0.2) is 17.2 Å². The van der Waals surface area contributed by atoms with Crippen molar-refractivity contribution in [2.24, 2.45) is 0 Å². The van der Waals surface area contributed by atoms with E-state index in [1.807, 2.05) is 6.20 Å². The lowest BCUT2D eigenvalue weighted by Gasteiger charge is -2.22. The Morgan fingerprint density at radius 1 is 1.29 bits per heavy atom. The highest BCUT2D eigenvalue weighted by atomic mass is 35.5. The molecule has 14 heavy (non-hydrogen) atoms. The van der Waals surface area contributed by atoms with Gasteiger partial charge in [0.2, 0.25) is 0 Å². The number of piperidine rings is 1. The molecule has 0 spiro atoms. The van der Waals surface area contributed by atoms with E-state index >= 15 is 0 Å². The molecule has 0 amide bonds. The van der Waals surface area contributed by atoms with Crippen LogP contribution >= 0.6 is 24.8 Å². The Balaban J connectivity index is 0.000000845. The molecule has 0 atom stereocenters.